The summed E-state index contributed by atoms with van der Waals surface area (Å²) in [5.74, 6) is 1.56. The molecule has 1 atom stereocenters. The topological polar surface area (TPSA) is 37.4 Å². The van der Waals surface area contributed by atoms with E-state index < -0.39 is 0 Å². The number of halogens is 1. The number of ether oxygens (including phenoxy) is 1. The summed E-state index contributed by atoms with van der Waals surface area (Å²) in [7, 11) is 5.77. The Morgan fingerprint density at radius 1 is 1.29 bits per heavy atom. The van der Waals surface area contributed by atoms with Crippen LogP contribution >= 0.6 is 11.6 Å². The normalized spacial score (nSPS) is 12.2. The molecular weight excluding hydrogens is 286 g/mol. The molecule has 0 aliphatic heterocycles. The van der Waals surface area contributed by atoms with Gasteiger partial charge in [0.2, 0.25) is 0 Å². The van der Waals surface area contributed by atoms with Gasteiger partial charge in [0.05, 0.1) is 18.2 Å². The zero-order valence-electron chi connectivity index (χ0n) is 12.5. The molecule has 4 nitrogen and oxygen atoms in total. The predicted molar refractivity (Wildman–Crippen MR) is 87.2 cm³/mol. The highest BCUT2D eigenvalue weighted by atomic mass is 35.5. The highest BCUT2D eigenvalue weighted by molar-refractivity contribution is 6.32. The average Bonchev–Trinajstić information content (AvgIpc) is 2.49. The number of anilines is 1. The van der Waals surface area contributed by atoms with Gasteiger partial charge in [0.15, 0.2) is 0 Å². The average molecular weight is 306 g/mol. The molecule has 0 amide bonds. The molecule has 1 aromatic heterocycles. The predicted octanol–water partition coefficient (Wildman–Crippen LogP) is 3.46. The van der Waals surface area contributed by atoms with Gasteiger partial charge in [-0.05, 0) is 43.9 Å². The second-order valence-electron chi connectivity index (χ2n) is 4.97. The molecule has 0 spiro atoms. The maximum atomic E-state index is 6.12. The van der Waals surface area contributed by atoms with Crippen molar-refractivity contribution in [3.63, 3.8) is 0 Å². The maximum absolute atomic E-state index is 6.12. The zero-order valence-corrected chi connectivity index (χ0v) is 13.3. The first-order valence-corrected chi connectivity index (χ1v) is 7.14. The number of likely N-dealkylation sites (N-methyl/N-ethyl adjacent to an activating group) is 1. The molecule has 1 aromatic carbocycles. The minimum absolute atomic E-state index is 0.193. The Balaban J connectivity index is 2.14. The fourth-order valence-electron chi connectivity index (χ4n) is 2.16. The van der Waals surface area contributed by atoms with Crippen molar-refractivity contribution >= 4 is 17.4 Å². The Labute approximate surface area is 130 Å². The Hall–Kier alpha value is -1.78. The Morgan fingerprint density at radius 3 is 2.76 bits per heavy atom. The number of rotatable bonds is 6. The molecule has 0 fully saturated rings. The van der Waals surface area contributed by atoms with E-state index in [1.807, 2.05) is 44.4 Å². The van der Waals surface area contributed by atoms with Gasteiger partial charge in [-0.3, -0.25) is 0 Å². The van der Waals surface area contributed by atoms with Crippen LogP contribution in [-0.4, -0.2) is 37.6 Å². The molecule has 0 aliphatic carbocycles. The fraction of sp³-hybridized carbons (Fsp3) is 0.312. The molecule has 2 rings (SSSR count). The lowest BCUT2D eigenvalue weighted by Gasteiger charge is -2.25. The monoisotopic (exact) mass is 305 g/mol. The number of benzene rings is 1. The van der Waals surface area contributed by atoms with Crippen LogP contribution in [0.3, 0.4) is 0 Å². The summed E-state index contributed by atoms with van der Waals surface area (Å²) in [5.41, 5.74) is 1.18. The molecule has 0 aliphatic rings. The van der Waals surface area contributed by atoms with E-state index in [1.165, 1.54) is 5.56 Å². The van der Waals surface area contributed by atoms with E-state index in [4.69, 9.17) is 16.3 Å². The van der Waals surface area contributed by atoms with Crippen molar-refractivity contribution in [3.8, 4) is 5.75 Å². The number of pyridine rings is 1. The van der Waals surface area contributed by atoms with E-state index in [1.54, 1.807) is 13.3 Å². The number of hydrogen-bond acceptors (Lipinski definition) is 4. The highest BCUT2D eigenvalue weighted by Gasteiger charge is 2.15. The molecule has 0 bridgehead atoms. The van der Waals surface area contributed by atoms with E-state index >= 15 is 0 Å². The molecule has 5 heteroatoms. The SMILES string of the molecule is COc1cccc(C(CNc2ncccc2Cl)N(C)C)c1. The minimum atomic E-state index is 0.193. The largest absolute Gasteiger partial charge is 0.497 e. The van der Waals surface area contributed by atoms with Crippen molar-refractivity contribution in [3.05, 3.63) is 53.2 Å². The molecule has 1 unspecified atom stereocenters. The minimum Gasteiger partial charge on any atom is -0.497 e. The Bertz CT molecular complexity index is 589. The zero-order chi connectivity index (χ0) is 15.2. The Morgan fingerprint density at radius 2 is 2.10 bits per heavy atom. The van der Waals surface area contributed by atoms with E-state index in [2.05, 4.69) is 21.3 Å². The van der Waals surface area contributed by atoms with Crippen LogP contribution < -0.4 is 10.1 Å². The molecule has 1 heterocycles. The number of nitrogens with one attached hydrogen (secondary N) is 1. The van der Waals surface area contributed by atoms with Gasteiger partial charge in [0.1, 0.15) is 11.6 Å². The lowest BCUT2D eigenvalue weighted by Crippen LogP contribution is -2.27. The van der Waals surface area contributed by atoms with Gasteiger partial charge in [-0.2, -0.15) is 0 Å². The number of methoxy groups -OCH3 is 1. The quantitative estimate of drug-likeness (QED) is 0.887. The second kappa shape index (κ2) is 7.29. The van der Waals surface area contributed by atoms with Crippen LogP contribution in [0.2, 0.25) is 5.02 Å². The van der Waals surface area contributed by atoms with Crippen LogP contribution in [0.4, 0.5) is 5.82 Å². The van der Waals surface area contributed by atoms with Crippen LogP contribution in [0.25, 0.3) is 0 Å². The van der Waals surface area contributed by atoms with Crippen molar-refractivity contribution in [2.24, 2.45) is 0 Å². The summed E-state index contributed by atoms with van der Waals surface area (Å²) in [6, 6.07) is 11.9. The molecule has 112 valence electrons. The third kappa shape index (κ3) is 4.09. The highest BCUT2D eigenvalue weighted by Crippen LogP contribution is 2.24. The van der Waals surface area contributed by atoms with Crippen LogP contribution in [-0.2, 0) is 0 Å². The van der Waals surface area contributed by atoms with Gasteiger partial charge < -0.3 is 15.0 Å². The van der Waals surface area contributed by atoms with E-state index in [0.717, 1.165) is 5.75 Å². The molecule has 2 aromatic rings. The first-order valence-electron chi connectivity index (χ1n) is 6.76. The van der Waals surface area contributed by atoms with E-state index in [-0.39, 0.29) is 6.04 Å². The summed E-state index contributed by atoms with van der Waals surface area (Å²) in [4.78, 5) is 6.40. The van der Waals surface area contributed by atoms with Gasteiger partial charge in [-0.25, -0.2) is 4.98 Å². The van der Waals surface area contributed by atoms with Crippen molar-refractivity contribution in [1.82, 2.24) is 9.88 Å². The van der Waals surface area contributed by atoms with Gasteiger partial charge in [0, 0.05) is 12.7 Å². The van der Waals surface area contributed by atoms with E-state index in [9.17, 15) is 0 Å². The van der Waals surface area contributed by atoms with Gasteiger partial charge >= 0.3 is 0 Å². The standard InChI is InChI=1S/C16H20ClN3O/c1-20(2)15(12-6-4-7-13(10-12)21-3)11-19-16-14(17)8-5-9-18-16/h4-10,15H,11H2,1-3H3,(H,18,19). The number of hydrogen-bond donors (Lipinski definition) is 1. The van der Waals surface area contributed by atoms with Crippen molar-refractivity contribution in [2.45, 2.75) is 6.04 Å². The first kappa shape index (κ1) is 15.6. The summed E-state index contributed by atoms with van der Waals surface area (Å²) in [6.45, 7) is 0.705. The molecular formula is C16H20ClN3O. The lowest BCUT2D eigenvalue weighted by molar-refractivity contribution is 0.310. The van der Waals surface area contributed by atoms with Crippen molar-refractivity contribution < 1.29 is 4.74 Å². The van der Waals surface area contributed by atoms with Gasteiger partial charge in [-0.1, -0.05) is 23.7 Å². The van der Waals surface area contributed by atoms with Crippen molar-refractivity contribution in [1.29, 1.82) is 0 Å². The summed E-state index contributed by atoms with van der Waals surface area (Å²) < 4.78 is 5.29. The third-order valence-corrected chi connectivity index (χ3v) is 3.63. The van der Waals surface area contributed by atoms with Crippen LogP contribution in [0.5, 0.6) is 5.75 Å². The van der Waals surface area contributed by atoms with Gasteiger partial charge in [-0.15, -0.1) is 0 Å². The van der Waals surface area contributed by atoms with Crippen LogP contribution in [0, 0.1) is 0 Å². The number of aromatic nitrogens is 1. The molecule has 0 radical (unpaired) electrons. The summed E-state index contributed by atoms with van der Waals surface area (Å²) in [5, 5.41) is 3.93. The summed E-state index contributed by atoms with van der Waals surface area (Å²) >= 11 is 6.12. The first-order chi connectivity index (χ1) is 10.1. The lowest BCUT2D eigenvalue weighted by atomic mass is 10.1. The Kier molecular flexibility index (Phi) is 5.42. The smallest absolute Gasteiger partial charge is 0.144 e. The molecule has 21 heavy (non-hydrogen) atoms. The molecule has 0 saturated heterocycles. The molecule has 1 N–H and O–H groups in total. The molecule has 0 saturated carbocycles. The van der Waals surface area contributed by atoms with Crippen LogP contribution in [0.15, 0.2) is 42.6 Å². The van der Waals surface area contributed by atoms with Crippen molar-refractivity contribution in [2.75, 3.05) is 33.1 Å². The van der Waals surface area contributed by atoms with E-state index in [0.29, 0.717) is 17.4 Å². The number of nitrogens with zero attached hydrogens (tertiary/aromatic N) is 2. The van der Waals surface area contributed by atoms with Gasteiger partial charge in [0.25, 0.3) is 0 Å². The van der Waals surface area contributed by atoms with Crippen LogP contribution in [0.1, 0.15) is 11.6 Å². The fourth-order valence-corrected chi connectivity index (χ4v) is 2.34. The second-order valence-corrected chi connectivity index (χ2v) is 5.38. The summed E-state index contributed by atoms with van der Waals surface area (Å²) in [6.07, 6.45) is 1.73. The maximum Gasteiger partial charge on any atom is 0.144 e. The third-order valence-electron chi connectivity index (χ3n) is 3.32.